The number of hydrogen-bond donors (Lipinski definition) is 2. The Bertz CT molecular complexity index is 225. The molecular formula is C14H29N3S. The fourth-order valence-corrected chi connectivity index (χ4v) is 2.87. The quantitative estimate of drug-likeness (QED) is 0.425. The van der Waals surface area contributed by atoms with E-state index in [-0.39, 0.29) is 0 Å². The molecular weight excluding hydrogens is 242 g/mol. The van der Waals surface area contributed by atoms with Gasteiger partial charge in [0.25, 0.3) is 0 Å². The third-order valence-electron chi connectivity index (χ3n) is 3.63. The number of guanidine groups is 1. The van der Waals surface area contributed by atoms with Gasteiger partial charge in [-0.1, -0.05) is 32.1 Å². The third kappa shape index (κ3) is 7.14. The molecule has 1 rings (SSSR count). The van der Waals surface area contributed by atoms with Gasteiger partial charge in [0.2, 0.25) is 0 Å². The second-order valence-corrected chi connectivity index (χ2v) is 6.05. The molecule has 0 atom stereocenters. The van der Waals surface area contributed by atoms with Crippen LogP contribution in [0.15, 0.2) is 4.99 Å². The molecule has 4 heteroatoms. The Morgan fingerprint density at radius 3 is 2.56 bits per heavy atom. The summed E-state index contributed by atoms with van der Waals surface area (Å²) in [6.45, 7) is 2.04. The van der Waals surface area contributed by atoms with Crippen LogP contribution in [0.3, 0.4) is 0 Å². The van der Waals surface area contributed by atoms with Crippen molar-refractivity contribution in [1.82, 2.24) is 10.6 Å². The van der Waals surface area contributed by atoms with E-state index in [4.69, 9.17) is 0 Å². The molecule has 0 radical (unpaired) electrons. The molecule has 2 N–H and O–H groups in total. The molecule has 1 fully saturated rings. The molecule has 0 bridgehead atoms. The minimum absolute atomic E-state index is 0.952. The van der Waals surface area contributed by atoms with Gasteiger partial charge in [-0.15, -0.1) is 0 Å². The number of rotatable bonds is 7. The van der Waals surface area contributed by atoms with E-state index in [1.165, 1.54) is 44.9 Å². The largest absolute Gasteiger partial charge is 0.356 e. The molecule has 3 nitrogen and oxygen atoms in total. The Hall–Kier alpha value is -0.380. The Morgan fingerprint density at radius 2 is 1.89 bits per heavy atom. The van der Waals surface area contributed by atoms with E-state index < -0.39 is 0 Å². The Labute approximate surface area is 117 Å². The van der Waals surface area contributed by atoms with Crippen LogP contribution in [0.5, 0.6) is 0 Å². The lowest BCUT2D eigenvalue weighted by Crippen LogP contribution is -2.38. The fraction of sp³-hybridized carbons (Fsp3) is 0.929. The summed E-state index contributed by atoms with van der Waals surface area (Å²) >= 11 is 1.86. The number of nitrogens with one attached hydrogen (secondary N) is 2. The molecule has 0 aromatic heterocycles. The first-order chi connectivity index (χ1) is 8.86. The molecule has 1 saturated carbocycles. The van der Waals surface area contributed by atoms with Gasteiger partial charge in [0.05, 0.1) is 0 Å². The van der Waals surface area contributed by atoms with E-state index in [1.54, 1.807) is 0 Å². The lowest BCUT2D eigenvalue weighted by molar-refractivity contribution is 0.332. The van der Waals surface area contributed by atoms with E-state index in [0.29, 0.717) is 0 Å². The molecule has 1 aliphatic carbocycles. The molecule has 1 aliphatic rings. The number of thioether (sulfide) groups is 1. The molecule has 0 aromatic carbocycles. The van der Waals surface area contributed by atoms with Crippen molar-refractivity contribution < 1.29 is 0 Å². The van der Waals surface area contributed by atoms with Crippen LogP contribution in [-0.2, 0) is 0 Å². The summed E-state index contributed by atoms with van der Waals surface area (Å²) in [6, 6.07) is 0. The average molecular weight is 271 g/mol. The summed E-state index contributed by atoms with van der Waals surface area (Å²) in [7, 11) is 1.84. The molecule has 0 unspecified atom stereocenters. The summed E-state index contributed by atoms with van der Waals surface area (Å²) in [6.07, 6.45) is 12.1. The summed E-state index contributed by atoms with van der Waals surface area (Å²) in [5.74, 6) is 3.07. The second kappa shape index (κ2) is 10.5. The van der Waals surface area contributed by atoms with E-state index in [1.807, 2.05) is 18.8 Å². The molecule has 0 spiro atoms. The van der Waals surface area contributed by atoms with Crippen molar-refractivity contribution in [2.45, 2.75) is 44.9 Å². The maximum atomic E-state index is 4.23. The highest BCUT2D eigenvalue weighted by Gasteiger charge is 2.12. The van der Waals surface area contributed by atoms with Crippen molar-refractivity contribution in [1.29, 1.82) is 0 Å². The van der Waals surface area contributed by atoms with Gasteiger partial charge in [-0.2, -0.15) is 11.8 Å². The van der Waals surface area contributed by atoms with Crippen LogP contribution in [0.1, 0.15) is 44.9 Å². The average Bonchev–Trinajstić information content (AvgIpc) is 2.43. The summed E-state index contributed by atoms with van der Waals surface area (Å²) < 4.78 is 0. The molecule has 0 heterocycles. The first-order valence-corrected chi connectivity index (χ1v) is 8.69. The van der Waals surface area contributed by atoms with Crippen LogP contribution in [0, 0.1) is 5.92 Å². The number of hydrogen-bond acceptors (Lipinski definition) is 2. The predicted octanol–water partition coefficient (Wildman–Crippen LogP) is 2.87. The highest BCUT2D eigenvalue weighted by Crippen LogP contribution is 2.26. The fourth-order valence-electron chi connectivity index (χ4n) is 2.57. The Morgan fingerprint density at radius 1 is 1.17 bits per heavy atom. The first kappa shape index (κ1) is 15.7. The highest BCUT2D eigenvalue weighted by molar-refractivity contribution is 7.98. The Kier molecular flexibility index (Phi) is 9.17. The van der Waals surface area contributed by atoms with E-state index >= 15 is 0 Å². The molecule has 0 aliphatic heterocycles. The van der Waals surface area contributed by atoms with Crippen molar-refractivity contribution >= 4 is 17.7 Å². The molecule has 0 saturated heterocycles. The minimum Gasteiger partial charge on any atom is -0.356 e. The van der Waals surface area contributed by atoms with Crippen molar-refractivity contribution in [3.8, 4) is 0 Å². The molecule has 18 heavy (non-hydrogen) atoms. The monoisotopic (exact) mass is 271 g/mol. The van der Waals surface area contributed by atoms with Gasteiger partial charge in [-0.25, -0.2) is 0 Å². The lowest BCUT2D eigenvalue weighted by Gasteiger charge is -2.21. The zero-order valence-corrected chi connectivity index (χ0v) is 12.8. The lowest BCUT2D eigenvalue weighted by atomic mass is 9.86. The van der Waals surface area contributed by atoms with Crippen LogP contribution in [0.2, 0.25) is 0 Å². The van der Waals surface area contributed by atoms with Crippen molar-refractivity contribution in [2.24, 2.45) is 10.9 Å². The summed E-state index contributed by atoms with van der Waals surface area (Å²) in [5, 5.41) is 6.72. The third-order valence-corrected chi connectivity index (χ3v) is 4.24. The molecule has 0 aromatic rings. The van der Waals surface area contributed by atoms with Crippen LogP contribution < -0.4 is 10.6 Å². The van der Waals surface area contributed by atoms with Gasteiger partial charge in [-0.3, -0.25) is 4.99 Å². The van der Waals surface area contributed by atoms with Crippen molar-refractivity contribution in [3.05, 3.63) is 0 Å². The van der Waals surface area contributed by atoms with Gasteiger partial charge >= 0.3 is 0 Å². The van der Waals surface area contributed by atoms with Gasteiger partial charge < -0.3 is 10.6 Å². The second-order valence-electron chi connectivity index (χ2n) is 5.06. The maximum Gasteiger partial charge on any atom is 0.191 e. The van der Waals surface area contributed by atoms with Gasteiger partial charge in [0.1, 0.15) is 0 Å². The summed E-state index contributed by atoms with van der Waals surface area (Å²) in [5.41, 5.74) is 0. The Balaban J connectivity index is 2.00. The smallest absolute Gasteiger partial charge is 0.191 e. The van der Waals surface area contributed by atoms with E-state index in [2.05, 4.69) is 21.9 Å². The van der Waals surface area contributed by atoms with Gasteiger partial charge in [-0.05, 0) is 25.0 Å². The number of nitrogens with zero attached hydrogens (tertiary/aromatic N) is 1. The zero-order chi connectivity index (χ0) is 13.1. The van der Waals surface area contributed by atoms with Crippen molar-refractivity contribution in [2.75, 3.05) is 32.1 Å². The van der Waals surface area contributed by atoms with Crippen LogP contribution in [0.4, 0.5) is 0 Å². The van der Waals surface area contributed by atoms with Crippen molar-refractivity contribution in [3.63, 3.8) is 0 Å². The van der Waals surface area contributed by atoms with E-state index in [9.17, 15) is 0 Å². The topological polar surface area (TPSA) is 36.4 Å². The van der Waals surface area contributed by atoms with Crippen LogP contribution >= 0.6 is 11.8 Å². The minimum atomic E-state index is 0.952. The molecule has 0 amide bonds. The van der Waals surface area contributed by atoms with Crippen LogP contribution in [0.25, 0.3) is 0 Å². The summed E-state index contributed by atoms with van der Waals surface area (Å²) in [4.78, 5) is 4.23. The van der Waals surface area contributed by atoms with E-state index in [0.717, 1.165) is 30.7 Å². The normalized spacial score (nSPS) is 17.8. The number of aliphatic imine (C=N–C) groups is 1. The first-order valence-electron chi connectivity index (χ1n) is 7.30. The highest BCUT2D eigenvalue weighted by atomic mass is 32.2. The zero-order valence-electron chi connectivity index (χ0n) is 12.0. The van der Waals surface area contributed by atoms with Crippen LogP contribution in [-0.4, -0.2) is 38.1 Å². The van der Waals surface area contributed by atoms with Gasteiger partial charge in [0, 0.05) is 25.9 Å². The SMILES string of the molecule is CN=C(NCCCC1CCCCC1)NCCSC. The molecule has 106 valence electrons. The van der Waals surface area contributed by atoms with Gasteiger partial charge in [0.15, 0.2) is 5.96 Å². The maximum absolute atomic E-state index is 4.23. The predicted molar refractivity (Wildman–Crippen MR) is 83.6 cm³/mol. The standard InChI is InChI=1S/C14H29N3S/c1-15-14(17-11-12-18-2)16-10-6-9-13-7-4-3-5-8-13/h13H,3-12H2,1-2H3,(H2,15,16,17).